The fraction of sp³-hybridized carbons (Fsp3) is 0.848. The molecule has 4 fully saturated rings. The molecule has 4 N–H and O–H groups in total. The van der Waals surface area contributed by atoms with Gasteiger partial charge in [-0.1, -0.05) is 59.8 Å². The molecular formula is C33H56N6O7S. The number of carbonyl (C=O) groups is 5. The zero-order valence-corrected chi connectivity index (χ0v) is 29.8. The average molecular weight is 681 g/mol. The standard InChI is InChI=1S/C33H56N6O7S/c1-7-13-23(26(40)29(42)34-8-2)35-28(41)25-22-15-12-14-21(22)20-39(25)30(43)27(32(3,4)5)36-31(44)37-33(17-10-9-11-18-33)24-16-19-38(6)47(24,45)46/h21-25,27H,7-20H2,1-6H3,(H,34,42)(H,35,41)(H2,36,37,44)/t21-,22-,23-,24+,25-,27+/m0/s1. The lowest BCUT2D eigenvalue weighted by atomic mass is 9.78. The second-order valence-electron chi connectivity index (χ2n) is 15.1. The van der Waals surface area contributed by atoms with Crippen molar-refractivity contribution >= 4 is 39.6 Å². The molecular weight excluding hydrogens is 624 g/mol. The SMILES string of the molecule is CCC[C@H](NC(=O)[C@@H]1[C@H]2CCC[C@H]2CN1C(=O)[C@@H](NC(=O)NC1([C@H]2CCN(C)S2(=O)=O)CCCCC1)C(C)(C)C)C(=O)C(=O)NCC. The molecule has 2 heterocycles. The van der Waals surface area contributed by atoms with Gasteiger partial charge in [0.25, 0.3) is 5.91 Å². The van der Waals surface area contributed by atoms with Crippen LogP contribution in [0.15, 0.2) is 0 Å². The van der Waals surface area contributed by atoms with Crippen LogP contribution in [0.5, 0.6) is 0 Å². The molecule has 0 aromatic rings. The number of carbonyl (C=O) groups excluding carboxylic acids is 5. The quantitative estimate of drug-likeness (QED) is 0.242. The number of nitrogens with zero attached hydrogens (tertiary/aromatic N) is 2. The molecule has 14 heteroatoms. The van der Waals surface area contributed by atoms with E-state index in [4.69, 9.17) is 0 Å². The van der Waals surface area contributed by atoms with Crippen molar-refractivity contribution in [2.45, 2.75) is 134 Å². The average Bonchev–Trinajstić information content (AvgIpc) is 3.68. The number of likely N-dealkylation sites (tertiary alicyclic amines) is 1. The Kier molecular flexibility index (Phi) is 11.7. The topological polar surface area (TPSA) is 174 Å². The van der Waals surface area contributed by atoms with E-state index in [1.807, 2.05) is 27.7 Å². The Labute approximate surface area is 280 Å². The van der Waals surface area contributed by atoms with E-state index in [0.29, 0.717) is 38.8 Å². The summed E-state index contributed by atoms with van der Waals surface area (Å²) < 4.78 is 27.9. The summed E-state index contributed by atoms with van der Waals surface area (Å²) >= 11 is 0. The molecule has 2 aliphatic carbocycles. The van der Waals surface area contributed by atoms with Gasteiger partial charge in [-0.3, -0.25) is 19.2 Å². The van der Waals surface area contributed by atoms with Crippen molar-refractivity contribution in [1.82, 2.24) is 30.5 Å². The zero-order chi connectivity index (χ0) is 34.7. The van der Waals surface area contributed by atoms with Crippen LogP contribution in [-0.4, -0.2) is 103 Å². The number of fused-ring (bicyclic) bond motifs is 1. The Hall–Kier alpha value is -2.74. The molecule has 6 atom stereocenters. The molecule has 0 radical (unpaired) electrons. The van der Waals surface area contributed by atoms with Gasteiger partial charge in [0.05, 0.1) is 16.8 Å². The lowest BCUT2D eigenvalue weighted by Gasteiger charge is -2.43. The lowest BCUT2D eigenvalue weighted by molar-refractivity contribution is -0.144. The number of sulfonamides is 1. The Balaban J connectivity index is 1.56. The minimum absolute atomic E-state index is 0.0923. The molecule has 0 unspecified atom stereocenters. The summed E-state index contributed by atoms with van der Waals surface area (Å²) in [7, 11) is -2.02. The van der Waals surface area contributed by atoms with Gasteiger partial charge >= 0.3 is 6.03 Å². The number of nitrogens with one attached hydrogen (secondary N) is 4. The lowest BCUT2D eigenvalue weighted by Crippen LogP contribution is -2.65. The molecule has 0 bridgehead atoms. The smallest absolute Gasteiger partial charge is 0.315 e. The third-order valence-corrected chi connectivity index (χ3v) is 13.3. The third kappa shape index (κ3) is 7.79. The number of Topliss-reactive ketones (excluding diaryl/α,β-unsaturated/α-hetero) is 1. The zero-order valence-electron chi connectivity index (χ0n) is 29.0. The van der Waals surface area contributed by atoms with E-state index >= 15 is 0 Å². The Bertz CT molecular complexity index is 1310. The van der Waals surface area contributed by atoms with E-state index in [-0.39, 0.29) is 24.8 Å². The fourth-order valence-electron chi connectivity index (χ4n) is 8.36. The van der Waals surface area contributed by atoms with Gasteiger partial charge < -0.3 is 26.2 Å². The van der Waals surface area contributed by atoms with Crippen molar-refractivity contribution in [2.75, 3.05) is 26.7 Å². The van der Waals surface area contributed by atoms with Crippen LogP contribution in [0.3, 0.4) is 0 Å². The first kappa shape index (κ1) is 37.1. The van der Waals surface area contributed by atoms with Crippen molar-refractivity contribution < 1.29 is 32.4 Å². The Morgan fingerprint density at radius 1 is 0.936 bits per heavy atom. The third-order valence-electron chi connectivity index (χ3n) is 10.8. The van der Waals surface area contributed by atoms with Crippen molar-refractivity contribution in [3.8, 4) is 0 Å². The highest BCUT2D eigenvalue weighted by molar-refractivity contribution is 7.90. The molecule has 2 saturated carbocycles. The van der Waals surface area contributed by atoms with Crippen LogP contribution < -0.4 is 21.3 Å². The molecule has 4 aliphatic rings. The highest BCUT2D eigenvalue weighted by Gasteiger charge is 2.54. The Morgan fingerprint density at radius 3 is 2.19 bits per heavy atom. The number of likely N-dealkylation sites (N-methyl/N-ethyl adjacent to an activating group) is 1. The molecule has 2 aliphatic heterocycles. The van der Waals surface area contributed by atoms with E-state index in [1.54, 1.807) is 18.9 Å². The summed E-state index contributed by atoms with van der Waals surface area (Å²) in [5, 5.41) is 10.6. The predicted molar refractivity (Wildman–Crippen MR) is 178 cm³/mol. The molecule has 4 rings (SSSR count). The molecule has 2 saturated heterocycles. The van der Waals surface area contributed by atoms with Crippen molar-refractivity contribution in [3.05, 3.63) is 0 Å². The summed E-state index contributed by atoms with van der Waals surface area (Å²) in [6.07, 6.45) is 7.49. The van der Waals surface area contributed by atoms with Crippen LogP contribution in [0, 0.1) is 17.3 Å². The predicted octanol–water partition coefficient (Wildman–Crippen LogP) is 2.05. The van der Waals surface area contributed by atoms with Crippen LogP contribution in [0.1, 0.15) is 105 Å². The first-order valence-corrected chi connectivity index (χ1v) is 19.0. The maximum Gasteiger partial charge on any atom is 0.315 e. The minimum atomic E-state index is -3.59. The number of ketones is 1. The summed E-state index contributed by atoms with van der Waals surface area (Å²) in [5.41, 5.74) is -1.68. The van der Waals surface area contributed by atoms with Gasteiger partial charge in [-0.05, 0) is 62.7 Å². The number of rotatable bonds is 11. The highest BCUT2D eigenvalue weighted by atomic mass is 32.2. The first-order valence-electron chi connectivity index (χ1n) is 17.5. The van der Waals surface area contributed by atoms with Gasteiger partial charge in [-0.15, -0.1) is 0 Å². The molecule has 0 spiro atoms. The van der Waals surface area contributed by atoms with E-state index in [9.17, 15) is 32.4 Å². The van der Waals surface area contributed by atoms with Gasteiger partial charge in [0.15, 0.2) is 0 Å². The number of hydrogen-bond acceptors (Lipinski definition) is 7. The monoisotopic (exact) mass is 680 g/mol. The van der Waals surface area contributed by atoms with Crippen LogP contribution >= 0.6 is 0 Å². The van der Waals surface area contributed by atoms with Gasteiger partial charge in [0.2, 0.25) is 27.6 Å². The van der Waals surface area contributed by atoms with Gasteiger partial charge in [0, 0.05) is 26.7 Å². The van der Waals surface area contributed by atoms with Crippen molar-refractivity contribution in [3.63, 3.8) is 0 Å². The maximum absolute atomic E-state index is 14.5. The van der Waals surface area contributed by atoms with Gasteiger partial charge in [-0.2, -0.15) is 0 Å². The fourth-order valence-corrected chi connectivity index (χ4v) is 10.4. The van der Waals surface area contributed by atoms with E-state index in [2.05, 4.69) is 21.3 Å². The minimum Gasteiger partial charge on any atom is -0.350 e. The van der Waals surface area contributed by atoms with Crippen LogP contribution in [-0.2, 0) is 29.2 Å². The second kappa shape index (κ2) is 14.8. The number of amides is 5. The molecule has 266 valence electrons. The summed E-state index contributed by atoms with van der Waals surface area (Å²) in [6, 6.07) is -3.45. The molecule has 5 amide bonds. The molecule has 47 heavy (non-hydrogen) atoms. The molecule has 0 aromatic heterocycles. The highest BCUT2D eigenvalue weighted by Crippen LogP contribution is 2.43. The van der Waals surface area contributed by atoms with Crippen LogP contribution in [0.2, 0.25) is 0 Å². The normalized spacial score (nSPS) is 28.2. The van der Waals surface area contributed by atoms with Crippen molar-refractivity contribution in [1.29, 1.82) is 0 Å². The number of hydrogen-bond donors (Lipinski definition) is 4. The van der Waals surface area contributed by atoms with Crippen LogP contribution in [0.4, 0.5) is 4.79 Å². The van der Waals surface area contributed by atoms with Crippen LogP contribution in [0.25, 0.3) is 0 Å². The summed E-state index contributed by atoms with van der Waals surface area (Å²) in [4.78, 5) is 69.1. The first-order chi connectivity index (χ1) is 22.1. The molecule has 13 nitrogen and oxygen atoms in total. The number of urea groups is 1. The van der Waals surface area contributed by atoms with Gasteiger partial charge in [-0.25, -0.2) is 17.5 Å². The van der Waals surface area contributed by atoms with E-state index in [1.165, 1.54) is 4.31 Å². The van der Waals surface area contributed by atoms with Crippen molar-refractivity contribution in [2.24, 2.45) is 17.3 Å². The van der Waals surface area contributed by atoms with Gasteiger partial charge in [0.1, 0.15) is 12.1 Å². The van der Waals surface area contributed by atoms with E-state index in [0.717, 1.165) is 38.5 Å². The van der Waals surface area contributed by atoms with E-state index < -0.39 is 73.9 Å². The second-order valence-corrected chi connectivity index (χ2v) is 17.3. The summed E-state index contributed by atoms with van der Waals surface area (Å²) in [6.45, 7) is 10.2. The molecule has 0 aromatic carbocycles. The Morgan fingerprint density at radius 2 is 1.62 bits per heavy atom. The summed E-state index contributed by atoms with van der Waals surface area (Å²) in [5.74, 6) is -2.29. The maximum atomic E-state index is 14.5. The largest absolute Gasteiger partial charge is 0.350 e.